The topological polar surface area (TPSA) is 37.8 Å². The number of halogens is 3. The number of nitrogens with zero attached hydrogens (tertiary/aromatic N) is 2. The molecule has 0 saturated carbocycles. The fourth-order valence-electron chi connectivity index (χ4n) is 1.12. The van der Waals surface area contributed by atoms with Crippen molar-refractivity contribution in [3.63, 3.8) is 0 Å². The normalized spacial score (nSPS) is 11.5. The first-order valence-corrected chi connectivity index (χ1v) is 4.50. The van der Waals surface area contributed by atoms with Crippen molar-refractivity contribution in [3.8, 4) is 0 Å². The number of hydrogen-bond acceptors (Lipinski definition) is 3. The van der Waals surface area contributed by atoms with Crippen LogP contribution in [0.25, 0.3) is 0 Å². The lowest BCUT2D eigenvalue weighted by molar-refractivity contribution is -0.134. The van der Waals surface area contributed by atoms with Gasteiger partial charge in [-0.05, 0) is 6.92 Å². The van der Waals surface area contributed by atoms with Crippen LogP contribution in [0.1, 0.15) is 17.9 Å². The van der Waals surface area contributed by atoms with Crippen LogP contribution < -0.4 is 5.32 Å². The minimum absolute atomic E-state index is 0.181. The van der Waals surface area contributed by atoms with Gasteiger partial charge in [0, 0.05) is 25.2 Å². The first kappa shape index (κ1) is 11.7. The van der Waals surface area contributed by atoms with Gasteiger partial charge in [0.2, 0.25) is 0 Å². The number of alkyl halides is 3. The average molecular weight is 219 g/mol. The lowest BCUT2D eigenvalue weighted by atomic mass is 10.3. The summed E-state index contributed by atoms with van der Waals surface area (Å²) < 4.78 is 35.9. The number of hydrogen-bond donors (Lipinski definition) is 1. The van der Waals surface area contributed by atoms with Crippen LogP contribution in [0.5, 0.6) is 0 Å². The SMILES string of the molecule is CNc1cc(C)nc(CCC(F)(F)F)n1. The molecule has 0 bridgehead atoms. The predicted molar refractivity (Wildman–Crippen MR) is 50.7 cm³/mol. The molecule has 0 atom stereocenters. The summed E-state index contributed by atoms with van der Waals surface area (Å²) in [4.78, 5) is 7.87. The predicted octanol–water partition coefficient (Wildman–Crippen LogP) is 2.32. The second-order valence-electron chi connectivity index (χ2n) is 3.18. The maximum atomic E-state index is 12.0. The molecule has 0 unspecified atom stereocenters. The molecule has 0 aliphatic rings. The molecule has 3 nitrogen and oxygen atoms in total. The van der Waals surface area contributed by atoms with E-state index in [0.717, 1.165) is 0 Å². The van der Waals surface area contributed by atoms with Crippen LogP contribution in [0.15, 0.2) is 6.07 Å². The Labute approximate surface area is 85.7 Å². The highest BCUT2D eigenvalue weighted by Gasteiger charge is 2.27. The number of rotatable bonds is 3. The van der Waals surface area contributed by atoms with Gasteiger partial charge in [0.1, 0.15) is 11.6 Å². The molecule has 0 aromatic carbocycles. The van der Waals surface area contributed by atoms with E-state index in [1.54, 1.807) is 20.0 Å². The minimum Gasteiger partial charge on any atom is -0.373 e. The molecule has 0 aliphatic heterocycles. The quantitative estimate of drug-likeness (QED) is 0.847. The van der Waals surface area contributed by atoms with Crippen LogP contribution in [0.3, 0.4) is 0 Å². The number of aromatic nitrogens is 2. The van der Waals surface area contributed by atoms with Crippen molar-refractivity contribution in [3.05, 3.63) is 17.6 Å². The van der Waals surface area contributed by atoms with Crippen LogP contribution in [0.4, 0.5) is 19.0 Å². The molecule has 84 valence electrons. The molecule has 0 amide bonds. The summed E-state index contributed by atoms with van der Waals surface area (Å²) >= 11 is 0. The van der Waals surface area contributed by atoms with Crippen molar-refractivity contribution >= 4 is 5.82 Å². The molecular formula is C9H12F3N3. The summed E-state index contributed by atoms with van der Waals surface area (Å²) in [5.74, 6) is 0.761. The van der Waals surface area contributed by atoms with Crippen molar-refractivity contribution < 1.29 is 13.2 Å². The van der Waals surface area contributed by atoms with Gasteiger partial charge in [-0.15, -0.1) is 0 Å². The van der Waals surface area contributed by atoms with Crippen LogP contribution in [0, 0.1) is 6.92 Å². The first-order valence-electron chi connectivity index (χ1n) is 4.50. The Hall–Kier alpha value is -1.33. The standard InChI is InChI=1S/C9H12F3N3/c1-6-5-8(13-2)15-7(14-6)3-4-9(10,11)12/h5H,3-4H2,1-2H3,(H,13,14,15). The van der Waals surface area contributed by atoms with Gasteiger partial charge in [0.15, 0.2) is 0 Å². The Kier molecular flexibility index (Phi) is 3.49. The third-order valence-electron chi connectivity index (χ3n) is 1.79. The van der Waals surface area contributed by atoms with Gasteiger partial charge in [0.25, 0.3) is 0 Å². The molecule has 0 radical (unpaired) electrons. The summed E-state index contributed by atoms with van der Waals surface area (Å²) in [6.45, 7) is 1.72. The lowest BCUT2D eigenvalue weighted by Crippen LogP contribution is -2.11. The van der Waals surface area contributed by atoms with Gasteiger partial charge in [-0.25, -0.2) is 9.97 Å². The Morgan fingerprint density at radius 2 is 2.00 bits per heavy atom. The summed E-state index contributed by atoms with van der Waals surface area (Å²) in [5.41, 5.74) is 0.659. The van der Waals surface area contributed by atoms with E-state index in [-0.39, 0.29) is 12.2 Å². The van der Waals surface area contributed by atoms with Gasteiger partial charge in [-0.1, -0.05) is 0 Å². The Bertz CT molecular complexity index is 336. The molecule has 1 heterocycles. The summed E-state index contributed by atoms with van der Waals surface area (Å²) in [6, 6.07) is 1.68. The van der Waals surface area contributed by atoms with Gasteiger partial charge < -0.3 is 5.32 Å². The lowest BCUT2D eigenvalue weighted by Gasteiger charge is -2.07. The molecule has 1 N–H and O–H groups in total. The molecule has 0 saturated heterocycles. The van der Waals surface area contributed by atoms with E-state index in [9.17, 15) is 13.2 Å². The van der Waals surface area contributed by atoms with Crippen LogP contribution >= 0.6 is 0 Å². The highest BCUT2D eigenvalue weighted by atomic mass is 19.4. The summed E-state index contributed by atoms with van der Waals surface area (Å²) in [6.07, 6.45) is -5.23. The van der Waals surface area contributed by atoms with Gasteiger partial charge in [-0.2, -0.15) is 13.2 Å². The Balaban J connectivity index is 2.73. The zero-order valence-corrected chi connectivity index (χ0v) is 8.52. The van der Waals surface area contributed by atoms with E-state index in [2.05, 4.69) is 15.3 Å². The molecule has 15 heavy (non-hydrogen) atoms. The molecular weight excluding hydrogens is 207 g/mol. The summed E-state index contributed by atoms with van der Waals surface area (Å²) in [5, 5.41) is 2.77. The maximum Gasteiger partial charge on any atom is 0.389 e. The van der Waals surface area contributed by atoms with E-state index in [4.69, 9.17) is 0 Å². The van der Waals surface area contributed by atoms with Gasteiger partial charge in [0.05, 0.1) is 6.42 Å². The fraction of sp³-hybridized carbons (Fsp3) is 0.556. The monoisotopic (exact) mass is 219 g/mol. The van der Waals surface area contributed by atoms with E-state index in [0.29, 0.717) is 11.5 Å². The van der Waals surface area contributed by atoms with E-state index in [1.165, 1.54) is 0 Å². The second-order valence-corrected chi connectivity index (χ2v) is 3.18. The van der Waals surface area contributed by atoms with Crippen molar-refractivity contribution in [2.45, 2.75) is 25.9 Å². The van der Waals surface area contributed by atoms with Crippen LogP contribution in [0.2, 0.25) is 0 Å². The molecule has 1 aromatic rings. The molecule has 0 spiro atoms. The molecule has 6 heteroatoms. The smallest absolute Gasteiger partial charge is 0.373 e. The molecule has 1 rings (SSSR count). The van der Waals surface area contributed by atoms with E-state index < -0.39 is 12.6 Å². The summed E-state index contributed by atoms with van der Waals surface area (Å²) in [7, 11) is 1.66. The third-order valence-corrected chi connectivity index (χ3v) is 1.79. The second kappa shape index (κ2) is 4.46. The average Bonchev–Trinajstić information content (AvgIpc) is 2.13. The van der Waals surface area contributed by atoms with Crippen LogP contribution in [-0.4, -0.2) is 23.2 Å². The fourth-order valence-corrected chi connectivity index (χ4v) is 1.12. The van der Waals surface area contributed by atoms with Crippen molar-refractivity contribution in [1.82, 2.24) is 9.97 Å². The van der Waals surface area contributed by atoms with Gasteiger partial charge in [-0.3, -0.25) is 0 Å². The zero-order chi connectivity index (χ0) is 11.5. The zero-order valence-electron chi connectivity index (χ0n) is 8.52. The number of anilines is 1. The highest BCUT2D eigenvalue weighted by molar-refractivity contribution is 5.34. The number of nitrogens with one attached hydrogen (secondary N) is 1. The van der Waals surface area contributed by atoms with E-state index in [1.807, 2.05) is 0 Å². The van der Waals surface area contributed by atoms with Gasteiger partial charge >= 0.3 is 6.18 Å². The van der Waals surface area contributed by atoms with E-state index >= 15 is 0 Å². The third kappa shape index (κ3) is 4.14. The van der Waals surface area contributed by atoms with Crippen molar-refractivity contribution in [2.24, 2.45) is 0 Å². The Morgan fingerprint density at radius 1 is 1.33 bits per heavy atom. The van der Waals surface area contributed by atoms with Crippen molar-refractivity contribution in [2.75, 3.05) is 12.4 Å². The highest BCUT2D eigenvalue weighted by Crippen LogP contribution is 2.21. The van der Waals surface area contributed by atoms with Crippen LogP contribution in [-0.2, 0) is 6.42 Å². The van der Waals surface area contributed by atoms with Crippen molar-refractivity contribution in [1.29, 1.82) is 0 Å². The maximum absolute atomic E-state index is 12.0. The Morgan fingerprint density at radius 3 is 2.53 bits per heavy atom. The molecule has 0 fully saturated rings. The first-order chi connectivity index (χ1) is 6.90. The minimum atomic E-state index is -4.16. The molecule has 0 aliphatic carbocycles. The molecule has 1 aromatic heterocycles. The number of aryl methyl sites for hydroxylation is 2. The largest absolute Gasteiger partial charge is 0.389 e.